The summed E-state index contributed by atoms with van der Waals surface area (Å²) in [5.41, 5.74) is 3.17. The first-order valence-corrected chi connectivity index (χ1v) is 6.42. The Morgan fingerprint density at radius 3 is 2.53 bits per heavy atom. The van der Waals surface area contributed by atoms with Gasteiger partial charge in [0.25, 0.3) is 0 Å². The molecule has 15 heavy (non-hydrogen) atoms. The van der Waals surface area contributed by atoms with Crippen LogP contribution in [0.25, 0.3) is 0 Å². The second-order valence-electron chi connectivity index (χ2n) is 5.40. The molecule has 86 valence electrons. The highest BCUT2D eigenvalue weighted by atomic mass is 14.2. The summed E-state index contributed by atoms with van der Waals surface area (Å²) >= 11 is 0. The summed E-state index contributed by atoms with van der Waals surface area (Å²) in [5, 5.41) is 0. The molecule has 0 heteroatoms. The van der Waals surface area contributed by atoms with Gasteiger partial charge in [-0.15, -0.1) is 0 Å². The molecular weight excluding hydrogens is 180 g/mol. The van der Waals surface area contributed by atoms with E-state index in [1.165, 1.54) is 32.1 Å². The predicted octanol–water partition coefficient (Wildman–Crippen LogP) is 5.12. The summed E-state index contributed by atoms with van der Waals surface area (Å²) in [7, 11) is 0. The van der Waals surface area contributed by atoms with Gasteiger partial charge in [-0.25, -0.2) is 0 Å². The van der Waals surface area contributed by atoms with Gasteiger partial charge in [0.2, 0.25) is 0 Å². The van der Waals surface area contributed by atoms with Crippen molar-refractivity contribution in [3.63, 3.8) is 0 Å². The summed E-state index contributed by atoms with van der Waals surface area (Å²) in [6.45, 7) is 9.27. The van der Waals surface area contributed by atoms with Gasteiger partial charge in [0.05, 0.1) is 0 Å². The second-order valence-corrected chi connectivity index (χ2v) is 5.40. The van der Waals surface area contributed by atoms with E-state index in [2.05, 4.69) is 39.8 Å². The van der Waals surface area contributed by atoms with E-state index in [0.29, 0.717) is 0 Å². The second kappa shape index (κ2) is 6.15. The van der Waals surface area contributed by atoms with Crippen molar-refractivity contribution in [1.82, 2.24) is 0 Å². The van der Waals surface area contributed by atoms with Crippen LogP contribution in [0.15, 0.2) is 23.3 Å². The third-order valence-corrected chi connectivity index (χ3v) is 3.49. The molecule has 1 atom stereocenters. The standard InChI is InChI=1S/C15H26/c1-12(2)15-10-6-8-13(3)7-5-9-14(4)11-15/h7,11-12,15H,5-6,8-10H2,1-4H3/b13-7+,14-11+/t15-/m0/s1. The van der Waals surface area contributed by atoms with Gasteiger partial charge in [-0.2, -0.15) is 0 Å². The van der Waals surface area contributed by atoms with E-state index in [-0.39, 0.29) is 0 Å². The van der Waals surface area contributed by atoms with Crippen molar-refractivity contribution in [1.29, 1.82) is 0 Å². The Hall–Kier alpha value is -0.520. The van der Waals surface area contributed by atoms with E-state index >= 15 is 0 Å². The lowest BCUT2D eigenvalue weighted by molar-refractivity contribution is 0.421. The van der Waals surface area contributed by atoms with Gasteiger partial charge in [-0.1, -0.05) is 37.1 Å². The maximum Gasteiger partial charge on any atom is -0.0208 e. The lowest BCUT2D eigenvalue weighted by Crippen LogP contribution is -2.07. The Balaban J connectivity index is 2.66. The molecule has 0 spiro atoms. The molecule has 0 nitrogen and oxygen atoms in total. The van der Waals surface area contributed by atoms with Crippen LogP contribution < -0.4 is 0 Å². The average molecular weight is 206 g/mol. The molecule has 0 N–H and O–H groups in total. The molecule has 0 saturated carbocycles. The Labute approximate surface area is 95.5 Å². The Morgan fingerprint density at radius 1 is 1.13 bits per heavy atom. The van der Waals surface area contributed by atoms with Crippen LogP contribution in [0.1, 0.15) is 59.8 Å². The monoisotopic (exact) mass is 206 g/mol. The van der Waals surface area contributed by atoms with E-state index in [1.807, 2.05) is 0 Å². The highest BCUT2D eigenvalue weighted by Gasteiger charge is 2.11. The minimum Gasteiger partial charge on any atom is -0.0853 e. The molecular formula is C15H26. The molecule has 0 aromatic heterocycles. The van der Waals surface area contributed by atoms with E-state index < -0.39 is 0 Å². The molecule has 0 fully saturated rings. The normalized spacial score (nSPS) is 31.7. The fraction of sp³-hybridized carbons (Fsp3) is 0.733. The zero-order valence-corrected chi connectivity index (χ0v) is 10.8. The van der Waals surface area contributed by atoms with Crippen LogP contribution in [0.2, 0.25) is 0 Å². The van der Waals surface area contributed by atoms with E-state index in [0.717, 1.165) is 11.8 Å². The third kappa shape index (κ3) is 4.68. The highest BCUT2D eigenvalue weighted by molar-refractivity contribution is 5.07. The molecule has 0 saturated heterocycles. The minimum atomic E-state index is 0.795. The molecule has 1 rings (SSSR count). The molecule has 0 heterocycles. The molecule has 0 unspecified atom stereocenters. The molecule has 0 radical (unpaired) electrons. The lowest BCUT2D eigenvalue weighted by atomic mass is 9.87. The van der Waals surface area contributed by atoms with Crippen molar-refractivity contribution >= 4 is 0 Å². The number of hydrogen-bond donors (Lipinski definition) is 0. The smallest absolute Gasteiger partial charge is 0.0208 e. The van der Waals surface area contributed by atoms with Crippen LogP contribution in [0.4, 0.5) is 0 Å². The predicted molar refractivity (Wildman–Crippen MR) is 68.9 cm³/mol. The Bertz CT molecular complexity index is 243. The van der Waals surface area contributed by atoms with Crippen molar-refractivity contribution in [2.24, 2.45) is 11.8 Å². The molecule has 0 aromatic carbocycles. The average Bonchev–Trinajstić information content (AvgIpc) is 2.16. The maximum absolute atomic E-state index is 2.53. The zero-order valence-electron chi connectivity index (χ0n) is 10.8. The van der Waals surface area contributed by atoms with Crippen LogP contribution in [-0.2, 0) is 0 Å². The van der Waals surface area contributed by atoms with E-state index in [9.17, 15) is 0 Å². The summed E-state index contributed by atoms with van der Waals surface area (Å²) in [5.74, 6) is 1.60. The van der Waals surface area contributed by atoms with Gasteiger partial charge in [0, 0.05) is 0 Å². The van der Waals surface area contributed by atoms with Crippen LogP contribution in [-0.4, -0.2) is 0 Å². The highest BCUT2D eigenvalue weighted by Crippen LogP contribution is 2.25. The van der Waals surface area contributed by atoms with Gasteiger partial charge in [-0.3, -0.25) is 0 Å². The summed E-state index contributed by atoms with van der Waals surface area (Å²) in [6.07, 6.45) is 11.5. The van der Waals surface area contributed by atoms with E-state index in [4.69, 9.17) is 0 Å². The zero-order chi connectivity index (χ0) is 11.3. The molecule has 0 aliphatic heterocycles. The molecule has 1 aliphatic rings. The topological polar surface area (TPSA) is 0 Å². The molecule has 1 aliphatic carbocycles. The van der Waals surface area contributed by atoms with Crippen molar-refractivity contribution in [3.05, 3.63) is 23.3 Å². The Morgan fingerprint density at radius 2 is 1.87 bits per heavy atom. The van der Waals surface area contributed by atoms with Crippen molar-refractivity contribution in [2.45, 2.75) is 59.8 Å². The fourth-order valence-corrected chi connectivity index (χ4v) is 2.32. The Kier molecular flexibility index (Phi) is 5.14. The first kappa shape index (κ1) is 12.5. The van der Waals surface area contributed by atoms with Crippen molar-refractivity contribution < 1.29 is 0 Å². The van der Waals surface area contributed by atoms with Crippen molar-refractivity contribution in [3.8, 4) is 0 Å². The summed E-state index contributed by atoms with van der Waals surface area (Å²) < 4.78 is 0. The number of hydrogen-bond acceptors (Lipinski definition) is 0. The maximum atomic E-state index is 2.53. The minimum absolute atomic E-state index is 0.795. The van der Waals surface area contributed by atoms with Crippen LogP contribution in [0.3, 0.4) is 0 Å². The number of allylic oxidation sites excluding steroid dienone is 4. The first-order valence-electron chi connectivity index (χ1n) is 6.42. The van der Waals surface area contributed by atoms with Crippen LogP contribution in [0.5, 0.6) is 0 Å². The fourth-order valence-electron chi connectivity index (χ4n) is 2.32. The van der Waals surface area contributed by atoms with Gasteiger partial charge in [0.15, 0.2) is 0 Å². The summed E-state index contributed by atoms with van der Waals surface area (Å²) in [6, 6.07) is 0. The van der Waals surface area contributed by atoms with Crippen LogP contribution >= 0.6 is 0 Å². The first-order chi connectivity index (χ1) is 7.09. The quantitative estimate of drug-likeness (QED) is 0.523. The van der Waals surface area contributed by atoms with Gasteiger partial charge >= 0.3 is 0 Å². The third-order valence-electron chi connectivity index (χ3n) is 3.49. The lowest BCUT2D eigenvalue weighted by Gasteiger charge is -2.19. The van der Waals surface area contributed by atoms with E-state index in [1.54, 1.807) is 11.1 Å². The number of rotatable bonds is 1. The largest absolute Gasteiger partial charge is 0.0853 e. The summed E-state index contributed by atoms with van der Waals surface area (Å²) in [4.78, 5) is 0. The van der Waals surface area contributed by atoms with Gasteiger partial charge < -0.3 is 0 Å². The van der Waals surface area contributed by atoms with Gasteiger partial charge in [-0.05, 0) is 57.8 Å². The molecule has 0 amide bonds. The van der Waals surface area contributed by atoms with Crippen LogP contribution in [0, 0.1) is 11.8 Å². The van der Waals surface area contributed by atoms with Gasteiger partial charge in [0.1, 0.15) is 0 Å². The van der Waals surface area contributed by atoms with Crippen molar-refractivity contribution in [2.75, 3.05) is 0 Å². The molecule has 0 bridgehead atoms. The molecule has 0 aromatic rings. The SMILES string of the molecule is C/C1=C\[C@@H](C(C)C)CCC/C(C)=C/CC1.